The molecule has 1 N–H and O–H groups in total. The number of thiophene rings is 2. The predicted molar refractivity (Wildman–Crippen MR) is 102 cm³/mol. The van der Waals surface area contributed by atoms with Crippen molar-refractivity contribution in [1.29, 1.82) is 0 Å². The molecule has 0 spiro atoms. The van der Waals surface area contributed by atoms with Crippen LogP contribution >= 0.6 is 22.7 Å². The van der Waals surface area contributed by atoms with Crippen LogP contribution in [0, 0.1) is 5.92 Å². The molecule has 0 saturated carbocycles. The molecule has 0 amide bonds. The molecule has 2 bridgehead atoms. The van der Waals surface area contributed by atoms with Crippen molar-refractivity contribution in [3.8, 4) is 0 Å². The lowest BCUT2D eigenvalue weighted by Crippen LogP contribution is -2.58. The number of ketones is 1. The van der Waals surface area contributed by atoms with Gasteiger partial charge in [0.15, 0.2) is 11.4 Å². The summed E-state index contributed by atoms with van der Waals surface area (Å²) >= 11 is 2.90. The van der Waals surface area contributed by atoms with E-state index >= 15 is 0 Å². The highest BCUT2D eigenvalue weighted by molar-refractivity contribution is 7.12. The van der Waals surface area contributed by atoms with Crippen molar-refractivity contribution in [2.45, 2.75) is 49.2 Å². The normalized spacial score (nSPS) is 34.5. The maximum absolute atomic E-state index is 13.3. The number of ether oxygens (including phenoxy) is 1. The van der Waals surface area contributed by atoms with Gasteiger partial charge in [-0.05, 0) is 28.8 Å². The highest BCUT2D eigenvalue weighted by Gasteiger charge is 2.70. The Bertz CT molecular complexity index is 760. The lowest BCUT2D eigenvalue weighted by molar-refractivity contribution is -0.938. The number of carbonyl (C=O) groups excluding carboxylic acids is 1. The number of epoxide rings is 1. The summed E-state index contributed by atoms with van der Waals surface area (Å²) in [7, 11) is 4.60. The second-order valence-electron chi connectivity index (χ2n) is 8.46. The number of likely N-dealkylation sites (N-methyl/N-ethyl adjacent to an activating group) is 1. The Kier molecular flexibility index (Phi) is 3.76. The number of aliphatic hydroxyl groups is 1. The number of carbonyl (C=O) groups is 1. The van der Waals surface area contributed by atoms with Gasteiger partial charge in [-0.3, -0.25) is 4.79 Å². The third kappa shape index (κ3) is 2.33. The molecule has 3 fully saturated rings. The molecule has 5 rings (SSSR count). The fraction of sp³-hybridized carbons (Fsp3) is 0.550. The van der Waals surface area contributed by atoms with Gasteiger partial charge in [0.1, 0.15) is 24.3 Å². The number of fused-ring (bicyclic) bond motifs is 5. The van der Waals surface area contributed by atoms with Gasteiger partial charge in [-0.1, -0.05) is 12.1 Å². The Morgan fingerprint density at radius 2 is 1.69 bits per heavy atom. The van der Waals surface area contributed by atoms with Crippen LogP contribution in [0.3, 0.4) is 0 Å². The van der Waals surface area contributed by atoms with Crippen molar-refractivity contribution in [2.24, 2.45) is 5.92 Å². The number of nitrogens with zero attached hydrogens (tertiary/aromatic N) is 1. The molecule has 0 aliphatic carbocycles. The van der Waals surface area contributed by atoms with Gasteiger partial charge in [0.25, 0.3) is 0 Å². The van der Waals surface area contributed by atoms with Gasteiger partial charge in [-0.2, -0.15) is 0 Å². The molecule has 2 aromatic heterocycles. The third-order valence-electron chi connectivity index (χ3n) is 6.81. The summed E-state index contributed by atoms with van der Waals surface area (Å²) in [5.74, 6) is 0.278. The summed E-state index contributed by atoms with van der Waals surface area (Å²) in [6, 6.07) is 8.53. The zero-order valence-corrected chi connectivity index (χ0v) is 16.6. The van der Waals surface area contributed by atoms with Gasteiger partial charge in [-0.25, -0.2) is 0 Å². The Labute approximate surface area is 161 Å². The molecule has 5 heterocycles. The first kappa shape index (κ1) is 17.1. The topological polar surface area (TPSA) is 49.8 Å². The average molecular weight is 391 g/mol. The van der Waals surface area contributed by atoms with Crippen LogP contribution in [-0.4, -0.2) is 53.8 Å². The van der Waals surface area contributed by atoms with E-state index < -0.39 is 5.60 Å². The number of piperidine rings is 1. The molecule has 0 aromatic carbocycles. The van der Waals surface area contributed by atoms with E-state index in [2.05, 4.69) is 14.1 Å². The average Bonchev–Trinajstić information content (AvgIpc) is 2.98. The summed E-state index contributed by atoms with van der Waals surface area (Å²) in [6.07, 6.45) is 3.26. The van der Waals surface area contributed by atoms with E-state index in [1.165, 1.54) is 22.7 Å². The summed E-state index contributed by atoms with van der Waals surface area (Å²) < 4.78 is 6.88. The number of Topliss-reactive ketones (excluding diaryl/α,β-unsaturated/α-hetero) is 1. The SMILES string of the molecule is C[N+]1(C)C2CC(CC(=O)C(O)(c3cccs3)c3cccs3)CC1C1OC12. The zero-order chi connectivity index (χ0) is 18.1. The first-order valence-electron chi connectivity index (χ1n) is 9.25. The smallest absolute Gasteiger partial charge is 0.192 e. The minimum absolute atomic E-state index is 0.0615. The van der Waals surface area contributed by atoms with Crippen LogP contribution < -0.4 is 0 Å². The molecule has 4 atom stereocenters. The third-order valence-corrected chi connectivity index (χ3v) is 8.77. The Hall–Kier alpha value is -1.05. The lowest BCUT2D eigenvalue weighted by Gasteiger charge is -2.46. The van der Waals surface area contributed by atoms with Crippen LogP contribution in [0.4, 0.5) is 0 Å². The summed E-state index contributed by atoms with van der Waals surface area (Å²) in [6.45, 7) is 0. The van der Waals surface area contributed by atoms with Crippen molar-refractivity contribution >= 4 is 28.5 Å². The molecule has 4 unspecified atom stereocenters. The van der Waals surface area contributed by atoms with Crippen molar-refractivity contribution in [1.82, 2.24) is 0 Å². The van der Waals surface area contributed by atoms with Gasteiger partial charge in [0, 0.05) is 29.0 Å². The van der Waals surface area contributed by atoms with Crippen LogP contribution in [0.1, 0.15) is 29.0 Å². The highest BCUT2D eigenvalue weighted by atomic mass is 32.1. The van der Waals surface area contributed by atoms with E-state index in [9.17, 15) is 9.90 Å². The van der Waals surface area contributed by atoms with Gasteiger partial charge in [0.2, 0.25) is 0 Å². The summed E-state index contributed by atoms with van der Waals surface area (Å²) in [5.41, 5.74) is -1.50. The summed E-state index contributed by atoms with van der Waals surface area (Å²) in [4.78, 5) is 14.8. The molecule has 138 valence electrons. The fourth-order valence-corrected chi connectivity index (χ4v) is 7.07. The van der Waals surface area contributed by atoms with Gasteiger partial charge in [-0.15, -0.1) is 22.7 Å². The van der Waals surface area contributed by atoms with E-state index in [1.54, 1.807) is 0 Å². The fourth-order valence-electron chi connectivity index (χ4n) is 5.29. The van der Waals surface area contributed by atoms with Gasteiger partial charge >= 0.3 is 0 Å². The van der Waals surface area contributed by atoms with Gasteiger partial charge < -0.3 is 14.3 Å². The van der Waals surface area contributed by atoms with Crippen molar-refractivity contribution in [3.05, 3.63) is 44.8 Å². The maximum atomic E-state index is 13.3. The lowest BCUT2D eigenvalue weighted by atomic mass is 9.81. The minimum atomic E-state index is -1.50. The van der Waals surface area contributed by atoms with E-state index in [0.29, 0.717) is 36.6 Å². The second-order valence-corrected chi connectivity index (χ2v) is 10.4. The molecule has 3 aliphatic heterocycles. The Morgan fingerprint density at radius 1 is 1.15 bits per heavy atom. The van der Waals surface area contributed by atoms with Crippen molar-refractivity contribution in [3.63, 3.8) is 0 Å². The van der Waals surface area contributed by atoms with Crippen LogP contribution in [0.5, 0.6) is 0 Å². The number of hydrogen-bond acceptors (Lipinski definition) is 5. The molecular formula is C20H24NO3S2+. The maximum Gasteiger partial charge on any atom is 0.192 e. The molecule has 0 radical (unpaired) electrons. The zero-order valence-electron chi connectivity index (χ0n) is 15.0. The monoisotopic (exact) mass is 390 g/mol. The second kappa shape index (κ2) is 5.72. The molecular weight excluding hydrogens is 366 g/mol. The standard InChI is InChI=1S/C20H24NO3S2/c1-21(2)13-9-12(10-14(21)19-18(13)24-19)11-15(22)20(23,16-5-3-7-25-16)17-6-4-8-26-17/h3-8,12-14,18-19,23H,9-11H2,1-2H3/q+1. The molecule has 4 nitrogen and oxygen atoms in total. The predicted octanol–water partition coefficient (Wildman–Crippen LogP) is 3.01. The number of rotatable bonds is 5. The number of morpholine rings is 1. The van der Waals surface area contributed by atoms with E-state index in [1.807, 2.05) is 35.0 Å². The largest absolute Gasteiger partial charge is 0.372 e. The Morgan fingerprint density at radius 3 is 2.15 bits per heavy atom. The van der Waals surface area contributed by atoms with Crippen LogP contribution in [0.15, 0.2) is 35.0 Å². The van der Waals surface area contributed by atoms with E-state index in [4.69, 9.17) is 4.74 Å². The minimum Gasteiger partial charge on any atom is -0.372 e. The molecule has 6 heteroatoms. The van der Waals surface area contributed by atoms with Crippen molar-refractivity contribution in [2.75, 3.05) is 14.1 Å². The van der Waals surface area contributed by atoms with Crippen molar-refractivity contribution < 1.29 is 19.1 Å². The van der Waals surface area contributed by atoms with Crippen LogP contribution in [0.25, 0.3) is 0 Å². The quantitative estimate of drug-likeness (QED) is 0.631. The Balaban J connectivity index is 1.40. The van der Waals surface area contributed by atoms with E-state index in [-0.39, 0.29) is 5.78 Å². The molecule has 26 heavy (non-hydrogen) atoms. The molecule has 3 saturated heterocycles. The number of quaternary nitrogens is 1. The van der Waals surface area contributed by atoms with E-state index in [0.717, 1.165) is 27.1 Å². The van der Waals surface area contributed by atoms with Crippen LogP contribution in [0.2, 0.25) is 0 Å². The highest BCUT2D eigenvalue weighted by Crippen LogP contribution is 2.53. The van der Waals surface area contributed by atoms with Crippen LogP contribution in [-0.2, 0) is 15.1 Å². The van der Waals surface area contributed by atoms with Gasteiger partial charge in [0.05, 0.1) is 14.1 Å². The summed E-state index contributed by atoms with van der Waals surface area (Å²) in [5, 5.41) is 15.3. The number of hydrogen-bond donors (Lipinski definition) is 1. The first-order valence-corrected chi connectivity index (χ1v) is 11.0. The molecule has 2 aromatic rings. The first-order chi connectivity index (χ1) is 12.4. The molecule has 3 aliphatic rings.